The number of anilines is 2. The molecule has 2 bridgehead atoms. The molecule has 0 saturated carbocycles. The van der Waals surface area contributed by atoms with E-state index in [0.29, 0.717) is 46.2 Å². The van der Waals surface area contributed by atoms with Crippen LogP contribution < -0.4 is 15.4 Å². The molecular formula is C33H37ClN3O6+. The summed E-state index contributed by atoms with van der Waals surface area (Å²) in [6.07, 6.45) is 2.15. The van der Waals surface area contributed by atoms with Gasteiger partial charge in [0.15, 0.2) is 0 Å². The number of methoxy groups -OCH3 is 1. The summed E-state index contributed by atoms with van der Waals surface area (Å²) >= 11 is 6.32. The lowest BCUT2D eigenvalue weighted by molar-refractivity contribution is -0.938. The first-order chi connectivity index (χ1) is 20.7. The lowest BCUT2D eigenvalue weighted by atomic mass is 9.96. The zero-order valence-corrected chi connectivity index (χ0v) is 25.3. The number of quaternary nitrogens is 1. The molecule has 0 radical (unpaired) electrons. The number of nitrogens with one attached hydrogen (secondary N) is 2. The number of carbonyl (C=O) groups excluding carboxylic acids is 2. The van der Waals surface area contributed by atoms with Gasteiger partial charge in [0.05, 0.1) is 44.2 Å². The monoisotopic (exact) mass is 606 g/mol. The van der Waals surface area contributed by atoms with Crippen molar-refractivity contribution in [3.8, 4) is 16.9 Å². The molecule has 3 aliphatic heterocycles. The highest BCUT2D eigenvalue weighted by atomic mass is 35.5. The van der Waals surface area contributed by atoms with E-state index < -0.39 is 6.09 Å². The molecule has 6 rings (SSSR count). The van der Waals surface area contributed by atoms with Crippen LogP contribution in [0.3, 0.4) is 0 Å². The third-order valence-corrected chi connectivity index (χ3v) is 9.49. The zero-order valence-electron chi connectivity index (χ0n) is 24.5. The first kappa shape index (κ1) is 29.4. The molecule has 1 unspecified atom stereocenters. The summed E-state index contributed by atoms with van der Waals surface area (Å²) in [5, 5.41) is 15.6. The van der Waals surface area contributed by atoms with Gasteiger partial charge in [-0.3, -0.25) is 10.1 Å². The molecule has 3 saturated heterocycles. The maximum absolute atomic E-state index is 13.2. The van der Waals surface area contributed by atoms with E-state index in [2.05, 4.69) is 24.7 Å². The van der Waals surface area contributed by atoms with E-state index in [0.717, 1.165) is 34.0 Å². The molecule has 3 heterocycles. The standard InChI is InChI=1S/C33H36ClN3O6/c1-37(2)27-15-22(16-28(37)32-31(27)43-32)42-33(40)36-25-13-19(9-11-23(25)20-7-5-4-6-8-20)10-12-30(39)35-26-17-29(41-3)21(18-38)14-24(26)34/h4-9,11,13-14,17,22,27-28,31-32,38H,10,12,15-16,18H2,1-3H3,(H-,35,36,39,40)/p+1/t22?,27-,28+,31-,32+. The van der Waals surface area contributed by atoms with Crippen molar-refractivity contribution in [2.24, 2.45) is 0 Å². The Hall–Kier alpha value is -3.63. The van der Waals surface area contributed by atoms with Gasteiger partial charge in [0.2, 0.25) is 5.91 Å². The number of aliphatic hydroxyl groups excluding tert-OH is 1. The summed E-state index contributed by atoms with van der Waals surface area (Å²) in [7, 11) is 5.99. The predicted octanol–water partition coefficient (Wildman–Crippen LogP) is 5.38. The average molecular weight is 607 g/mol. The molecule has 3 aliphatic rings. The Morgan fingerprint density at radius 3 is 2.40 bits per heavy atom. The minimum Gasteiger partial charge on any atom is -0.496 e. The van der Waals surface area contributed by atoms with Crippen LogP contribution in [0.2, 0.25) is 5.02 Å². The Morgan fingerprint density at radius 1 is 1.00 bits per heavy atom. The van der Waals surface area contributed by atoms with E-state index in [1.54, 1.807) is 12.1 Å². The van der Waals surface area contributed by atoms with Crippen LogP contribution in [0, 0.1) is 0 Å². The van der Waals surface area contributed by atoms with Gasteiger partial charge in [-0.1, -0.05) is 54.1 Å². The molecule has 2 amide bonds. The van der Waals surface area contributed by atoms with E-state index in [9.17, 15) is 14.7 Å². The Kier molecular flexibility index (Phi) is 8.08. The lowest BCUT2D eigenvalue weighted by Crippen LogP contribution is -2.60. The van der Waals surface area contributed by atoms with Gasteiger partial charge in [-0.15, -0.1) is 0 Å². The number of amides is 2. The van der Waals surface area contributed by atoms with E-state index in [4.69, 9.17) is 25.8 Å². The Morgan fingerprint density at radius 2 is 1.72 bits per heavy atom. The van der Waals surface area contributed by atoms with Crippen molar-refractivity contribution >= 4 is 35.0 Å². The number of benzene rings is 3. The summed E-state index contributed by atoms with van der Waals surface area (Å²) in [4.78, 5) is 26.0. The van der Waals surface area contributed by atoms with Crippen molar-refractivity contribution in [1.82, 2.24) is 0 Å². The van der Waals surface area contributed by atoms with Gasteiger partial charge < -0.3 is 29.1 Å². The highest BCUT2D eigenvalue weighted by Gasteiger charge is 2.70. The van der Waals surface area contributed by atoms with Gasteiger partial charge in [-0.05, 0) is 29.7 Å². The third-order valence-electron chi connectivity index (χ3n) is 9.17. The minimum atomic E-state index is -0.479. The molecule has 0 spiro atoms. The molecule has 3 aromatic rings. The van der Waals surface area contributed by atoms with Crippen LogP contribution in [-0.4, -0.2) is 73.2 Å². The number of aliphatic hydroxyl groups is 1. The molecule has 43 heavy (non-hydrogen) atoms. The highest BCUT2D eigenvalue weighted by Crippen LogP contribution is 2.51. The quantitative estimate of drug-likeness (QED) is 0.223. The molecule has 0 aliphatic carbocycles. The molecule has 10 heteroatoms. The number of likely N-dealkylation sites (N-methyl/N-ethyl adjacent to an activating group) is 1. The number of hydrogen-bond donors (Lipinski definition) is 3. The lowest BCUT2D eigenvalue weighted by Gasteiger charge is -2.45. The Labute approximate surface area is 256 Å². The molecule has 3 fully saturated rings. The first-order valence-electron chi connectivity index (χ1n) is 14.6. The highest BCUT2D eigenvalue weighted by molar-refractivity contribution is 6.33. The summed E-state index contributed by atoms with van der Waals surface area (Å²) in [6.45, 7) is -0.227. The molecule has 9 nitrogen and oxygen atoms in total. The number of morpholine rings is 1. The molecule has 226 valence electrons. The maximum atomic E-state index is 13.2. The topological polar surface area (TPSA) is 109 Å². The van der Waals surface area contributed by atoms with Crippen LogP contribution in [-0.2, 0) is 27.3 Å². The first-order valence-corrected chi connectivity index (χ1v) is 15.0. The van der Waals surface area contributed by atoms with Gasteiger partial charge in [0, 0.05) is 36.5 Å². The fraction of sp³-hybridized carbons (Fsp3) is 0.394. The second kappa shape index (κ2) is 11.8. The van der Waals surface area contributed by atoms with Crippen molar-refractivity contribution in [3.05, 3.63) is 76.8 Å². The van der Waals surface area contributed by atoms with Crippen LogP contribution in [0.25, 0.3) is 11.1 Å². The third kappa shape index (κ3) is 5.95. The molecule has 3 aromatic carbocycles. The van der Waals surface area contributed by atoms with Crippen LogP contribution >= 0.6 is 11.6 Å². The maximum Gasteiger partial charge on any atom is 0.411 e. The predicted molar refractivity (Wildman–Crippen MR) is 164 cm³/mol. The van der Waals surface area contributed by atoms with Gasteiger partial charge in [0.1, 0.15) is 36.1 Å². The van der Waals surface area contributed by atoms with Gasteiger partial charge in [-0.25, -0.2) is 4.79 Å². The summed E-state index contributed by atoms with van der Waals surface area (Å²) in [5.74, 6) is 0.215. The average Bonchev–Trinajstić information content (AvgIpc) is 3.76. The number of rotatable bonds is 9. The van der Waals surface area contributed by atoms with E-state index in [1.165, 1.54) is 7.11 Å². The van der Waals surface area contributed by atoms with Gasteiger partial charge in [-0.2, -0.15) is 0 Å². The fourth-order valence-electron chi connectivity index (χ4n) is 6.79. The Balaban J connectivity index is 1.13. The Bertz CT molecular complexity index is 1510. The zero-order chi connectivity index (χ0) is 30.3. The van der Waals surface area contributed by atoms with E-state index >= 15 is 0 Å². The van der Waals surface area contributed by atoms with Crippen LogP contribution in [0.1, 0.15) is 30.4 Å². The van der Waals surface area contributed by atoms with E-state index in [-0.39, 0.29) is 37.2 Å². The van der Waals surface area contributed by atoms with E-state index in [1.807, 2.05) is 48.5 Å². The number of halogens is 1. The summed E-state index contributed by atoms with van der Waals surface area (Å²) < 4.78 is 18.0. The van der Waals surface area contributed by atoms with Crippen molar-refractivity contribution in [2.45, 2.75) is 62.7 Å². The normalized spacial score (nSPS) is 24.5. The number of ether oxygens (including phenoxy) is 3. The number of carbonyl (C=O) groups is 2. The second-order valence-corrected chi connectivity index (χ2v) is 12.5. The number of fused-ring (bicyclic) bond motifs is 5. The van der Waals surface area contributed by atoms with Crippen LogP contribution in [0.5, 0.6) is 5.75 Å². The molecule has 5 atom stereocenters. The summed E-state index contributed by atoms with van der Waals surface area (Å²) in [5.41, 5.74) is 4.28. The second-order valence-electron chi connectivity index (χ2n) is 12.0. The largest absolute Gasteiger partial charge is 0.496 e. The van der Waals surface area contributed by atoms with Crippen molar-refractivity contribution in [1.29, 1.82) is 0 Å². The molecule has 0 aromatic heterocycles. The number of aryl methyl sites for hydroxylation is 1. The van der Waals surface area contributed by atoms with Crippen molar-refractivity contribution in [3.63, 3.8) is 0 Å². The minimum absolute atomic E-state index is 0.151. The SMILES string of the molecule is COc1cc(NC(=O)CCc2ccc(-c3ccccc3)c(NC(=O)OC3C[C@@H]4[C@H]5O[C@H]5[C@H](C3)[N+]4(C)C)c2)c(Cl)cc1CO. The van der Waals surface area contributed by atoms with Crippen LogP contribution in [0.15, 0.2) is 60.7 Å². The van der Waals surface area contributed by atoms with Gasteiger partial charge >= 0.3 is 6.09 Å². The fourth-order valence-corrected chi connectivity index (χ4v) is 7.02. The van der Waals surface area contributed by atoms with Crippen LogP contribution in [0.4, 0.5) is 16.2 Å². The van der Waals surface area contributed by atoms with Crippen molar-refractivity contribution in [2.75, 3.05) is 31.8 Å². The molecule has 3 N–H and O–H groups in total. The number of epoxide rings is 1. The smallest absolute Gasteiger partial charge is 0.411 e. The number of nitrogens with zero attached hydrogens (tertiary/aromatic N) is 1. The number of piperidine rings is 1. The molecular weight excluding hydrogens is 570 g/mol. The summed E-state index contributed by atoms with van der Waals surface area (Å²) in [6, 6.07) is 19.5. The van der Waals surface area contributed by atoms with Gasteiger partial charge in [0.25, 0.3) is 0 Å². The van der Waals surface area contributed by atoms with Crippen molar-refractivity contribution < 1.29 is 33.4 Å². The number of hydrogen-bond acceptors (Lipinski definition) is 6.